The Hall–Kier alpha value is -2.70. The van der Waals surface area contributed by atoms with Crippen LogP contribution in [0.2, 0.25) is 5.02 Å². The molecule has 0 aliphatic heterocycles. The summed E-state index contributed by atoms with van der Waals surface area (Å²) in [4.78, 5) is 18.3. The number of rotatable bonds is 6. The van der Waals surface area contributed by atoms with Crippen molar-refractivity contribution in [3.8, 4) is 5.69 Å². The molecule has 7 heteroatoms. The quantitative estimate of drug-likeness (QED) is 0.738. The standard InChI is InChI=1S/C18H18ClN5O/c1-23(10-14-5-3-2-4-6-14)11-18(25)22-16-9-15(19)7-8-17(16)24-13-20-12-21-24/h2-9,12-13H,10-11H2,1H3,(H,22,25). The van der Waals surface area contributed by atoms with E-state index in [4.69, 9.17) is 11.6 Å². The molecule has 3 aromatic rings. The summed E-state index contributed by atoms with van der Waals surface area (Å²) in [6.45, 7) is 0.956. The van der Waals surface area contributed by atoms with Crippen LogP contribution in [0.1, 0.15) is 5.56 Å². The number of anilines is 1. The van der Waals surface area contributed by atoms with Crippen LogP contribution in [0.15, 0.2) is 61.2 Å². The van der Waals surface area contributed by atoms with Gasteiger partial charge in [-0.3, -0.25) is 9.69 Å². The third kappa shape index (κ3) is 4.65. The topological polar surface area (TPSA) is 63.1 Å². The Morgan fingerprint density at radius 1 is 1.24 bits per heavy atom. The normalized spacial score (nSPS) is 10.8. The molecular formula is C18H18ClN5O. The van der Waals surface area contributed by atoms with Gasteiger partial charge in [0, 0.05) is 11.6 Å². The van der Waals surface area contributed by atoms with Gasteiger partial charge in [-0.15, -0.1) is 0 Å². The van der Waals surface area contributed by atoms with Gasteiger partial charge in [-0.2, -0.15) is 5.10 Å². The van der Waals surface area contributed by atoms with Crippen LogP contribution in [0.3, 0.4) is 0 Å². The minimum atomic E-state index is -0.123. The molecule has 25 heavy (non-hydrogen) atoms. The van der Waals surface area contributed by atoms with Crippen LogP contribution in [0.25, 0.3) is 5.69 Å². The second kappa shape index (κ2) is 7.92. The Kier molecular flexibility index (Phi) is 5.42. The SMILES string of the molecule is CN(CC(=O)Nc1cc(Cl)ccc1-n1cncn1)Cc1ccccc1. The summed E-state index contributed by atoms with van der Waals surface area (Å²) in [7, 11) is 1.91. The first kappa shape index (κ1) is 17.1. The summed E-state index contributed by atoms with van der Waals surface area (Å²) in [6, 6.07) is 15.3. The Morgan fingerprint density at radius 3 is 2.76 bits per heavy atom. The molecule has 0 atom stereocenters. The van der Waals surface area contributed by atoms with Crippen molar-refractivity contribution in [1.29, 1.82) is 0 Å². The molecule has 1 heterocycles. The number of carbonyl (C=O) groups is 1. The molecule has 0 fully saturated rings. The average molecular weight is 356 g/mol. The molecule has 1 amide bonds. The zero-order valence-corrected chi connectivity index (χ0v) is 14.5. The summed E-state index contributed by atoms with van der Waals surface area (Å²) in [5.74, 6) is -0.123. The number of nitrogens with zero attached hydrogens (tertiary/aromatic N) is 4. The van der Waals surface area contributed by atoms with Crippen LogP contribution in [-0.2, 0) is 11.3 Å². The van der Waals surface area contributed by atoms with E-state index in [1.54, 1.807) is 29.2 Å². The maximum Gasteiger partial charge on any atom is 0.238 e. The largest absolute Gasteiger partial charge is 0.323 e. The highest BCUT2D eigenvalue weighted by Crippen LogP contribution is 2.23. The van der Waals surface area contributed by atoms with Crippen molar-refractivity contribution in [2.24, 2.45) is 0 Å². The van der Waals surface area contributed by atoms with E-state index in [-0.39, 0.29) is 12.5 Å². The fourth-order valence-corrected chi connectivity index (χ4v) is 2.70. The molecule has 0 bridgehead atoms. The molecule has 0 radical (unpaired) electrons. The van der Waals surface area contributed by atoms with Crippen molar-refractivity contribution in [3.63, 3.8) is 0 Å². The summed E-state index contributed by atoms with van der Waals surface area (Å²) >= 11 is 6.07. The molecule has 3 rings (SSSR count). The van der Waals surface area contributed by atoms with Crippen LogP contribution in [-0.4, -0.2) is 39.2 Å². The fraction of sp³-hybridized carbons (Fsp3) is 0.167. The highest BCUT2D eigenvalue weighted by Gasteiger charge is 2.12. The zero-order valence-electron chi connectivity index (χ0n) is 13.8. The first-order valence-electron chi connectivity index (χ1n) is 7.79. The molecule has 1 N–H and O–H groups in total. The fourth-order valence-electron chi connectivity index (χ4n) is 2.53. The molecule has 0 aliphatic rings. The molecule has 0 saturated carbocycles. The predicted octanol–water partition coefficient (Wildman–Crippen LogP) is 2.99. The number of benzene rings is 2. The van der Waals surface area contributed by atoms with Crippen LogP contribution in [0.4, 0.5) is 5.69 Å². The number of aromatic nitrogens is 3. The van der Waals surface area contributed by atoms with Crippen molar-refractivity contribution in [1.82, 2.24) is 19.7 Å². The second-order valence-corrected chi connectivity index (χ2v) is 6.14. The van der Waals surface area contributed by atoms with E-state index < -0.39 is 0 Å². The first-order valence-corrected chi connectivity index (χ1v) is 8.16. The molecule has 0 aliphatic carbocycles. The van der Waals surface area contributed by atoms with E-state index in [1.807, 2.05) is 42.3 Å². The molecule has 128 valence electrons. The van der Waals surface area contributed by atoms with Crippen molar-refractivity contribution in [3.05, 3.63) is 71.8 Å². The summed E-state index contributed by atoms with van der Waals surface area (Å²) in [5.41, 5.74) is 2.46. The summed E-state index contributed by atoms with van der Waals surface area (Å²) < 4.78 is 1.58. The van der Waals surface area contributed by atoms with Gasteiger partial charge in [0.1, 0.15) is 12.7 Å². The Balaban J connectivity index is 1.67. The molecule has 0 unspecified atom stereocenters. The van der Waals surface area contributed by atoms with Gasteiger partial charge in [-0.05, 0) is 30.8 Å². The summed E-state index contributed by atoms with van der Waals surface area (Å²) in [5, 5.41) is 7.54. The van der Waals surface area contributed by atoms with Gasteiger partial charge in [0.05, 0.1) is 17.9 Å². The van der Waals surface area contributed by atoms with Gasteiger partial charge in [0.2, 0.25) is 5.91 Å². The number of likely N-dealkylation sites (N-methyl/N-ethyl adjacent to an activating group) is 1. The smallest absolute Gasteiger partial charge is 0.238 e. The maximum atomic E-state index is 12.4. The van der Waals surface area contributed by atoms with Crippen molar-refractivity contribution in [2.45, 2.75) is 6.54 Å². The molecular weight excluding hydrogens is 338 g/mol. The van der Waals surface area contributed by atoms with Gasteiger partial charge in [0.15, 0.2) is 0 Å². The van der Waals surface area contributed by atoms with Crippen LogP contribution in [0, 0.1) is 0 Å². The number of amides is 1. The monoisotopic (exact) mass is 355 g/mol. The Bertz CT molecular complexity index is 836. The van der Waals surface area contributed by atoms with Gasteiger partial charge in [-0.25, -0.2) is 9.67 Å². The third-order valence-corrected chi connectivity index (χ3v) is 3.84. The molecule has 6 nitrogen and oxygen atoms in total. The Labute approximate surface area is 151 Å². The molecule has 0 saturated heterocycles. The number of hydrogen-bond acceptors (Lipinski definition) is 4. The van der Waals surface area contributed by atoms with E-state index >= 15 is 0 Å². The minimum Gasteiger partial charge on any atom is -0.323 e. The van der Waals surface area contributed by atoms with Gasteiger partial charge >= 0.3 is 0 Å². The van der Waals surface area contributed by atoms with Crippen molar-refractivity contribution < 1.29 is 4.79 Å². The van der Waals surface area contributed by atoms with E-state index in [0.717, 1.165) is 5.56 Å². The molecule has 2 aromatic carbocycles. The number of carbonyl (C=O) groups excluding carboxylic acids is 1. The second-order valence-electron chi connectivity index (χ2n) is 5.71. The van der Waals surface area contributed by atoms with Crippen molar-refractivity contribution >= 4 is 23.2 Å². The van der Waals surface area contributed by atoms with E-state index in [9.17, 15) is 4.79 Å². The lowest BCUT2D eigenvalue weighted by Crippen LogP contribution is -2.30. The lowest BCUT2D eigenvalue weighted by Gasteiger charge is -2.17. The molecule has 0 spiro atoms. The Morgan fingerprint density at radius 2 is 2.04 bits per heavy atom. The van der Waals surface area contributed by atoms with Crippen LogP contribution < -0.4 is 5.32 Å². The van der Waals surface area contributed by atoms with E-state index in [2.05, 4.69) is 15.4 Å². The number of hydrogen-bond donors (Lipinski definition) is 1. The minimum absolute atomic E-state index is 0.123. The van der Waals surface area contributed by atoms with E-state index in [0.29, 0.717) is 22.9 Å². The first-order chi connectivity index (χ1) is 12.1. The highest BCUT2D eigenvalue weighted by atomic mass is 35.5. The third-order valence-electron chi connectivity index (χ3n) is 3.61. The summed E-state index contributed by atoms with van der Waals surface area (Å²) in [6.07, 6.45) is 3.01. The van der Waals surface area contributed by atoms with Crippen LogP contribution in [0.5, 0.6) is 0 Å². The highest BCUT2D eigenvalue weighted by molar-refractivity contribution is 6.31. The number of nitrogens with one attached hydrogen (secondary N) is 1. The van der Waals surface area contributed by atoms with Gasteiger partial charge in [-0.1, -0.05) is 41.9 Å². The average Bonchev–Trinajstić information content (AvgIpc) is 3.10. The molecule has 1 aromatic heterocycles. The van der Waals surface area contributed by atoms with Gasteiger partial charge in [0.25, 0.3) is 0 Å². The number of halogens is 1. The van der Waals surface area contributed by atoms with E-state index in [1.165, 1.54) is 6.33 Å². The zero-order chi connectivity index (χ0) is 17.6. The lowest BCUT2D eigenvalue weighted by atomic mass is 10.2. The lowest BCUT2D eigenvalue weighted by molar-refractivity contribution is -0.117. The van der Waals surface area contributed by atoms with Gasteiger partial charge < -0.3 is 5.32 Å². The predicted molar refractivity (Wildman–Crippen MR) is 97.8 cm³/mol. The van der Waals surface area contributed by atoms with Crippen LogP contribution >= 0.6 is 11.6 Å². The maximum absolute atomic E-state index is 12.4. The van der Waals surface area contributed by atoms with Crippen molar-refractivity contribution in [2.75, 3.05) is 18.9 Å².